The van der Waals surface area contributed by atoms with Gasteiger partial charge in [0, 0.05) is 25.2 Å². The van der Waals surface area contributed by atoms with Gasteiger partial charge in [0.1, 0.15) is 35.9 Å². The number of fused-ring (bicyclic) bond motifs is 1. The molecule has 1 aliphatic heterocycles. The lowest BCUT2D eigenvalue weighted by molar-refractivity contribution is 0.0819. The fourth-order valence-corrected chi connectivity index (χ4v) is 3.53. The van der Waals surface area contributed by atoms with Crippen molar-refractivity contribution < 1.29 is 13.5 Å². The molecule has 0 bridgehead atoms. The topological polar surface area (TPSA) is 85.0 Å². The number of hydrogen-bond donors (Lipinski definition) is 1. The molecule has 0 aliphatic carbocycles. The van der Waals surface area contributed by atoms with Crippen LogP contribution in [0, 0.1) is 22.7 Å². The number of benzene rings is 1. The first-order valence-electron chi connectivity index (χ1n) is 8.96. The Hall–Kier alpha value is -2.94. The summed E-state index contributed by atoms with van der Waals surface area (Å²) in [6, 6.07) is 11.2. The molecule has 0 radical (unpaired) electrons. The molecule has 2 aromatic rings. The van der Waals surface area contributed by atoms with Gasteiger partial charge in [-0.1, -0.05) is 23.7 Å². The summed E-state index contributed by atoms with van der Waals surface area (Å²) in [5, 5.41) is 21.4. The number of nitrogens with zero attached hydrogens (tertiary/aromatic N) is 4. The molecule has 1 N–H and O–H groups in total. The molecule has 1 aromatic heterocycles. The van der Waals surface area contributed by atoms with Gasteiger partial charge in [0.05, 0.1) is 11.6 Å². The van der Waals surface area contributed by atoms with Crippen LogP contribution < -0.4 is 10.1 Å². The number of pyridine rings is 1. The second-order valence-corrected chi connectivity index (χ2v) is 6.87. The minimum atomic E-state index is -2.51. The van der Waals surface area contributed by atoms with E-state index in [4.69, 9.17) is 21.6 Å². The van der Waals surface area contributed by atoms with Gasteiger partial charge in [-0.2, -0.15) is 10.5 Å². The molecule has 3 rings (SSSR count). The van der Waals surface area contributed by atoms with E-state index in [1.54, 1.807) is 12.1 Å². The van der Waals surface area contributed by atoms with E-state index in [1.165, 1.54) is 0 Å². The minimum absolute atomic E-state index is 0.0851. The largest absolute Gasteiger partial charge is 0.488 e. The molecule has 1 aliphatic rings. The van der Waals surface area contributed by atoms with Crippen LogP contribution in [0.3, 0.4) is 0 Å². The molecule has 0 saturated heterocycles. The zero-order chi connectivity index (χ0) is 20.8. The number of alkyl halides is 2. The summed E-state index contributed by atoms with van der Waals surface area (Å²) >= 11 is 6.14. The maximum atomic E-state index is 12.2. The Kier molecular flexibility index (Phi) is 6.82. The minimum Gasteiger partial charge on any atom is -0.488 e. The zero-order valence-electron chi connectivity index (χ0n) is 15.5. The van der Waals surface area contributed by atoms with Crippen molar-refractivity contribution >= 4 is 17.4 Å². The van der Waals surface area contributed by atoms with Gasteiger partial charge in [-0.05, 0) is 29.7 Å². The molecule has 0 unspecified atom stereocenters. The molecule has 0 fully saturated rings. The zero-order valence-corrected chi connectivity index (χ0v) is 16.2. The number of halogens is 3. The van der Waals surface area contributed by atoms with Crippen LogP contribution in [-0.4, -0.2) is 36.0 Å². The molecule has 0 spiro atoms. The molecular formula is C20H18ClF2N5O. The lowest BCUT2D eigenvalue weighted by atomic mass is 9.96. The molecule has 29 heavy (non-hydrogen) atoms. The van der Waals surface area contributed by atoms with E-state index in [-0.39, 0.29) is 11.7 Å². The Bertz CT molecular complexity index is 953. The molecule has 150 valence electrons. The number of rotatable bonds is 7. The van der Waals surface area contributed by atoms with Gasteiger partial charge >= 0.3 is 0 Å². The maximum absolute atomic E-state index is 12.2. The van der Waals surface area contributed by atoms with Gasteiger partial charge in [0.25, 0.3) is 6.43 Å². The summed E-state index contributed by atoms with van der Waals surface area (Å²) in [4.78, 5) is 6.44. The lowest BCUT2D eigenvalue weighted by Gasteiger charge is -2.30. The predicted octanol–water partition coefficient (Wildman–Crippen LogP) is 3.74. The first kappa shape index (κ1) is 20.8. The molecule has 1 aromatic carbocycles. The molecular weight excluding hydrogens is 400 g/mol. The Morgan fingerprint density at radius 3 is 2.66 bits per heavy atom. The summed E-state index contributed by atoms with van der Waals surface area (Å²) in [5.74, 6) is 0.921. The van der Waals surface area contributed by atoms with Crippen LogP contribution in [0.5, 0.6) is 5.75 Å². The smallest absolute Gasteiger partial charge is 0.272 e. The van der Waals surface area contributed by atoms with E-state index in [0.717, 1.165) is 23.2 Å². The van der Waals surface area contributed by atoms with Gasteiger partial charge < -0.3 is 10.1 Å². The summed E-state index contributed by atoms with van der Waals surface area (Å²) in [5.41, 5.74) is 3.11. The van der Waals surface area contributed by atoms with Gasteiger partial charge in [-0.15, -0.1) is 0 Å². The SMILES string of the molecule is N#CCNc1nc(Cl)c(C#N)c2c1CN(Cc1ccc(OCC(F)F)cc1)CC2. The third-order valence-corrected chi connectivity index (χ3v) is 4.85. The van der Waals surface area contributed by atoms with Gasteiger partial charge in [-0.25, -0.2) is 13.8 Å². The van der Waals surface area contributed by atoms with Gasteiger partial charge in [0.2, 0.25) is 0 Å². The Morgan fingerprint density at radius 2 is 2.00 bits per heavy atom. The highest BCUT2D eigenvalue weighted by atomic mass is 35.5. The predicted molar refractivity (Wildman–Crippen MR) is 104 cm³/mol. The molecule has 9 heteroatoms. The van der Waals surface area contributed by atoms with E-state index in [9.17, 15) is 14.0 Å². The highest BCUT2D eigenvalue weighted by Crippen LogP contribution is 2.32. The number of nitrogens with one attached hydrogen (secondary N) is 1. The van der Waals surface area contributed by atoms with E-state index in [1.807, 2.05) is 18.2 Å². The Morgan fingerprint density at radius 1 is 1.24 bits per heavy atom. The van der Waals surface area contributed by atoms with Gasteiger partial charge in [-0.3, -0.25) is 4.90 Å². The summed E-state index contributed by atoms with van der Waals surface area (Å²) in [7, 11) is 0. The molecule has 2 heterocycles. The molecule has 6 nitrogen and oxygen atoms in total. The average molecular weight is 418 g/mol. The molecule has 0 saturated carbocycles. The van der Waals surface area contributed by atoms with Crippen LogP contribution in [0.25, 0.3) is 0 Å². The van der Waals surface area contributed by atoms with Crippen molar-refractivity contribution in [3.8, 4) is 17.9 Å². The molecule has 0 atom stereocenters. The number of ether oxygens (including phenoxy) is 1. The van der Waals surface area contributed by atoms with Crippen molar-refractivity contribution in [2.24, 2.45) is 0 Å². The third-order valence-electron chi connectivity index (χ3n) is 4.58. The summed E-state index contributed by atoms with van der Waals surface area (Å²) < 4.78 is 29.5. The normalized spacial score (nSPS) is 13.4. The van der Waals surface area contributed by atoms with Crippen LogP contribution in [0.4, 0.5) is 14.6 Å². The number of anilines is 1. The van der Waals surface area contributed by atoms with Gasteiger partial charge in [0.15, 0.2) is 0 Å². The van der Waals surface area contributed by atoms with E-state index >= 15 is 0 Å². The van der Waals surface area contributed by atoms with Crippen molar-refractivity contribution in [1.29, 1.82) is 10.5 Å². The second-order valence-electron chi connectivity index (χ2n) is 6.51. The summed E-state index contributed by atoms with van der Waals surface area (Å²) in [6.07, 6.45) is -1.87. The van der Waals surface area contributed by atoms with Crippen molar-refractivity contribution in [3.05, 3.63) is 51.7 Å². The Labute approximate surface area is 172 Å². The van der Waals surface area contributed by atoms with E-state index in [0.29, 0.717) is 36.6 Å². The van der Waals surface area contributed by atoms with Crippen LogP contribution in [0.1, 0.15) is 22.3 Å². The number of hydrogen-bond acceptors (Lipinski definition) is 6. The number of nitriles is 2. The maximum Gasteiger partial charge on any atom is 0.272 e. The van der Waals surface area contributed by atoms with Crippen molar-refractivity contribution in [1.82, 2.24) is 9.88 Å². The quantitative estimate of drug-likeness (QED) is 0.545. The fourth-order valence-electron chi connectivity index (χ4n) is 3.29. The van der Waals surface area contributed by atoms with Crippen LogP contribution in [-0.2, 0) is 19.5 Å². The van der Waals surface area contributed by atoms with E-state index < -0.39 is 13.0 Å². The monoisotopic (exact) mass is 417 g/mol. The number of aromatic nitrogens is 1. The van der Waals surface area contributed by atoms with Crippen LogP contribution in [0.2, 0.25) is 5.15 Å². The van der Waals surface area contributed by atoms with Crippen molar-refractivity contribution in [2.45, 2.75) is 25.9 Å². The third kappa shape index (κ3) is 5.11. The first-order valence-corrected chi connectivity index (χ1v) is 9.34. The molecule has 0 amide bonds. The summed E-state index contributed by atoms with van der Waals surface area (Å²) in [6.45, 7) is 1.37. The van der Waals surface area contributed by atoms with Crippen molar-refractivity contribution in [2.75, 3.05) is 25.0 Å². The van der Waals surface area contributed by atoms with Crippen LogP contribution >= 0.6 is 11.6 Å². The second kappa shape index (κ2) is 9.51. The fraction of sp³-hybridized carbons (Fsp3) is 0.350. The Balaban J connectivity index is 1.75. The van der Waals surface area contributed by atoms with E-state index in [2.05, 4.69) is 21.3 Å². The highest BCUT2D eigenvalue weighted by Gasteiger charge is 2.25. The average Bonchev–Trinajstić information content (AvgIpc) is 2.71. The first-order chi connectivity index (χ1) is 14.0. The standard InChI is InChI=1S/C20H18ClF2N5O/c21-19-16(9-25)15-5-8-28(11-17(15)20(27-19)26-7-6-24)10-13-1-3-14(4-2-13)29-12-18(22)23/h1-4,18H,5,7-8,10-12H2,(H,26,27). The lowest BCUT2D eigenvalue weighted by Crippen LogP contribution is -2.31. The van der Waals surface area contributed by atoms with Crippen LogP contribution in [0.15, 0.2) is 24.3 Å². The van der Waals surface area contributed by atoms with Crippen molar-refractivity contribution in [3.63, 3.8) is 0 Å². The highest BCUT2D eigenvalue weighted by molar-refractivity contribution is 6.30.